The van der Waals surface area contributed by atoms with Crippen LogP contribution in [0.3, 0.4) is 0 Å². The number of nitrogens with one attached hydrogen (secondary N) is 1. The Bertz CT molecular complexity index is 870. The van der Waals surface area contributed by atoms with E-state index in [0.29, 0.717) is 6.04 Å². The van der Waals surface area contributed by atoms with Crippen molar-refractivity contribution < 1.29 is 0 Å². The number of hydrogen-bond donors (Lipinski definition) is 1. The van der Waals surface area contributed by atoms with Crippen LogP contribution in [0, 0.1) is 0 Å². The van der Waals surface area contributed by atoms with Gasteiger partial charge >= 0.3 is 0 Å². The molecule has 27 heavy (non-hydrogen) atoms. The van der Waals surface area contributed by atoms with Gasteiger partial charge in [-0.3, -0.25) is 5.10 Å². The number of H-pyrrole nitrogens is 1. The van der Waals surface area contributed by atoms with Gasteiger partial charge in [-0.2, -0.15) is 5.10 Å². The van der Waals surface area contributed by atoms with Crippen molar-refractivity contribution in [2.45, 2.75) is 45.1 Å². The minimum atomic E-state index is 0.507. The zero-order chi connectivity index (χ0) is 18.6. The average molecular weight is 380 g/mol. The van der Waals surface area contributed by atoms with Crippen molar-refractivity contribution >= 4 is 17.4 Å². The number of rotatable bonds is 5. The van der Waals surface area contributed by atoms with Crippen molar-refractivity contribution in [2.24, 2.45) is 0 Å². The highest BCUT2D eigenvalue weighted by molar-refractivity contribution is 6.30. The van der Waals surface area contributed by atoms with E-state index in [9.17, 15) is 0 Å². The molecule has 0 saturated carbocycles. The van der Waals surface area contributed by atoms with Crippen LogP contribution < -0.4 is 4.90 Å². The Balaban J connectivity index is 1.65. The monoisotopic (exact) mass is 379 g/mol. The van der Waals surface area contributed by atoms with Crippen molar-refractivity contribution in [3.63, 3.8) is 0 Å². The largest absolute Gasteiger partial charge is 0.352 e. The molecule has 3 aromatic rings. The lowest BCUT2D eigenvalue weighted by Gasteiger charge is -2.37. The van der Waals surface area contributed by atoms with E-state index in [1.807, 2.05) is 12.1 Å². The SMILES string of the molecule is CCc1c(N2CCCCC2Cc2ccccc2)n[nH]c1-c1ccc(Cl)cc1. The number of aromatic nitrogens is 2. The van der Waals surface area contributed by atoms with Crippen molar-refractivity contribution in [1.29, 1.82) is 0 Å². The molecule has 1 aliphatic heterocycles. The topological polar surface area (TPSA) is 31.9 Å². The molecule has 3 nitrogen and oxygen atoms in total. The second-order valence-corrected chi connectivity index (χ2v) is 7.73. The molecule has 1 aliphatic rings. The first-order chi connectivity index (χ1) is 13.3. The molecule has 2 aromatic carbocycles. The molecule has 1 fully saturated rings. The summed E-state index contributed by atoms with van der Waals surface area (Å²) in [5, 5.41) is 8.84. The average Bonchev–Trinajstić information content (AvgIpc) is 3.13. The van der Waals surface area contributed by atoms with E-state index >= 15 is 0 Å². The predicted octanol–water partition coefficient (Wildman–Crippen LogP) is 5.89. The summed E-state index contributed by atoms with van der Waals surface area (Å²) >= 11 is 6.06. The van der Waals surface area contributed by atoms with Crippen LogP contribution in [0.1, 0.15) is 37.3 Å². The third-order valence-electron chi connectivity index (χ3n) is 5.55. The van der Waals surface area contributed by atoms with Crippen molar-refractivity contribution in [3.05, 3.63) is 70.7 Å². The highest BCUT2D eigenvalue weighted by atomic mass is 35.5. The molecule has 1 aromatic heterocycles. The highest BCUT2D eigenvalue weighted by Crippen LogP contribution is 2.34. The van der Waals surface area contributed by atoms with Gasteiger partial charge in [0.25, 0.3) is 0 Å². The number of aromatic amines is 1. The zero-order valence-corrected chi connectivity index (χ0v) is 16.5. The van der Waals surface area contributed by atoms with Crippen LogP contribution in [-0.4, -0.2) is 22.8 Å². The normalized spacial score (nSPS) is 17.3. The first-order valence-electron chi connectivity index (χ1n) is 9.90. The summed E-state index contributed by atoms with van der Waals surface area (Å²) in [6.45, 7) is 3.29. The molecule has 0 aliphatic carbocycles. The maximum Gasteiger partial charge on any atom is 0.154 e. The summed E-state index contributed by atoms with van der Waals surface area (Å²) < 4.78 is 0. The Kier molecular flexibility index (Phi) is 5.49. The smallest absolute Gasteiger partial charge is 0.154 e. The van der Waals surface area contributed by atoms with Gasteiger partial charge in [0.2, 0.25) is 0 Å². The standard InChI is InChI=1S/C23H26ClN3/c1-2-21-22(18-11-13-19(24)14-12-18)25-26-23(21)27-15-7-6-10-20(27)16-17-8-4-3-5-9-17/h3-5,8-9,11-14,20H,2,6-7,10,15-16H2,1H3,(H,25,26). The fourth-order valence-corrected chi connectivity index (χ4v) is 4.29. The van der Waals surface area contributed by atoms with Crippen LogP contribution in [0.25, 0.3) is 11.3 Å². The third-order valence-corrected chi connectivity index (χ3v) is 5.80. The number of hydrogen-bond acceptors (Lipinski definition) is 2. The lowest BCUT2D eigenvalue weighted by atomic mass is 9.94. The predicted molar refractivity (Wildman–Crippen MR) is 114 cm³/mol. The van der Waals surface area contributed by atoms with Crippen molar-refractivity contribution in [1.82, 2.24) is 10.2 Å². The van der Waals surface area contributed by atoms with Gasteiger partial charge in [-0.1, -0.05) is 61.0 Å². The Morgan fingerprint density at radius 2 is 1.85 bits per heavy atom. The molecule has 1 saturated heterocycles. The van der Waals surface area contributed by atoms with Crippen LogP contribution in [0.15, 0.2) is 54.6 Å². The molecule has 0 radical (unpaired) electrons. The van der Waals surface area contributed by atoms with Gasteiger partial charge in [0.1, 0.15) is 0 Å². The maximum atomic E-state index is 6.06. The second-order valence-electron chi connectivity index (χ2n) is 7.29. The molecular weight excluding hydrogens is 354 g/mol. The van der Waals surface area contributed by atoms with Crippen LogP contribution in [-0.2, 0) is 12.8 Å². The second kappa shape index (κ2) is 8.18. The molecule has 1 unspecified atom stereocenters. The van der Waals surface area contributed by atoms with Gasteiger partial charge in [-0.05, 0) is 55.4 Å². The van der Waals surface area contributed by atoms with Gasteiger partial charge in [0.05, 0.1) is 5.69 Å². The molecule has 1 N–H and O–H groups in total. The maximum absolute atomic E-state index is 6.06. The van der Waals surface area contributed by atoms with Crippen LogP contribution in [0.4, 0.5) is 5.82 Å². The fourth-order valence-electron chi connectivity index (χ4n) is 4.16. The molecule has 2 heterocycles. The van der Waals surface area contributed by atoms with Crippen molar-refractivity contribution in [2.75, 3.05) is 11.4 Å². The van der Waals surface area contributed by atoms with E-state index in [-0.39, 0.29) is 0 Å². The van der Waals surface area contributed by atoms with Crippen LogP contribution >= 0.6 is 11.6 Å². The van der Waals surface area contributed by atoms with Gasteiger partial charge < -0.3 is 4.90 Å². The van der Waals surface area contributed by atoms with E-state index in [4.69, 9.17) is 16.7 Å². The van der Waals surface area contributed by atoms with Gasteiger partial charge in [-0.25, -0.2) is 0 Å². The highest BCUT2D eigenvalue weighted by Gasteiger charge is 2.27. The Hall–Kier alpha value is -2.26. The van der Waals surface area contributed by atoms with Gasteiger partial charge in [0, 0.05) is 23.2 Å². The first kappa shape index (κ1) is 18.1. The van der Waals surface area contributed by atoms with E-state index in [2.05, 4.69) is 59.4 Å². The summed E-state index contributed by atoms with van der Waals surface area (Å²) in [7, 11) is 0. The molecule has 140 valence electrons. The Morgan fingerprint density at radius 1 is 1.07 bits per heavy atom. The summed E-state index contributed by atoms with van der Waals surface area (Å²) in [5.41, 5.74) is 4.97. The third kappa shape index (κ3) is 3.89. The summed E-state index contributed by atoms with van der Waals surface area (Å²) in [4.78, 5) is 2.53. The van der Waals surface area contributed by atoms with E-state index < -0.39 is 0 Å². The number of anilines is 1. The van der Waals surface area contributed by atoms with Crippen molar-refractivity contribution in [3.8, 4) is 11.3 Å². The van der Waals surface area contributed by atoms with Crippen LogP contribution in [0.2, 0.25) is 5.02 Å². The molecule has 1 atom stereocenters. The number of nitrogens with zero attached hydrogens (tertiary/aromatic N) is 2. The van der Waals surface area contributed by atoms with E-state index in [1.165, 1.54) is 30.4 Å². The van der Waals surface area contributed by atoms with Gasteiger partial charge in [-0.15, -0.1) is 0 Å². The Morgan fingerprint density at radius 3 is 2.59 bits per heavy atom. The molecule has 4 rings (SSSR count). The summed E-state index contributed by atoms with van der Waals surface area (Å²) in [6.07, 6.45) is 5.79. The number of piperidine rings is 1. The Labute approximate surface area is 166 Å². The van der Waals surface area contributed by atoms with Gasteiger partial charge in [0.15, 0.2) is 5.82 Å². The number of halogens is 1. The lowest BCUT2D eigenvalue weighted by molar-refractivity contribution is 0.453. The van der Waals surface area contributed by atoms with E-state index in [1.54, 1.807) is 0 Å². The molecule has 0 amide bonds. The molecule has 4 heteroatoms. The molecule has 0 spiro atoms. The zero-order valence-electron chi connectivity index (χ0n) is 15.8. The minimum absolute atomic E-state index is 0.507. The summed E-state index contributed by atoms with van der Waals surface area (Å²) in [6, 6.07) is 19.3. The fraction of sp³-hybridized carbons (Fsp3) is 0.348. The summed E-state index contributed by atoms with van der Waals surface area (Å²) in [5.74, 6) is 1.13. The first-order valence-corrected chi connectivity index (χ1v) is 10.3. The van der Waals surface area contributed by atoms with E-state index in [0.717, 1.165) is 41.5 Å². The lowest BCUT2D eigenvalue weighted by Crippen LogP contribution is -2.41. The minimum Gasteiger partial charge on any atom is -0.352 e. The molecule has 0 bridgehead atoms. The molecular formula is C23H26ClN3. The quantitative estimate of drug-likeness (QED) is 0.599. The number of benzene rings is 2. The van der Waals surface area contributed by atoms with Crippen LogP contribution in [0.5, 0.6) is 0 Å².